The van der Waals surface area contributed by atoms with Crippen LogP contribution in [0.4, 0.5) is 0 Å². The van der Waals surface area contributed by atoms with E-state index in [1.54, 1.807) is 7.05 Å². The van der Waals surface area contributed by atoms with Gasteiger partial charge >= 0.3 is 5.97 Å². The Morgan fingerprint density at radius 2 is 2.07 bits per heavy atom. The molecule has 0 aromatic heterocycles. The van der Waals surface area contributed by atoms with Crippen LogP contribution in [-0.4, -0.2) is 38.2 Å². The number of hydrogen-bond donors (Lipinski definition) is 2. The number of nitrogens with one attached hydrogen (secondary N) is 2. The van der Waals surface area contributed by atoms with Crippen molar-refractivity contribution in [3.8, 4) is 5.75 Å². The summed E-state index contributed by atoms with van der Waals surface area (Å²) in [6, 6.07) is 8.36. The van der Waals surface area contributed by atoms with Gasteiger partial charge in [0.1, 0.15) is 11.4 Å². The topological polar surface area (TPSA) is 72.0 Å². The molecule has 0 amide bonds. The lowest BCUT2D eigenvalue weighted by atomic mass is 9.86. The Morgan fingerprint density at radius 1 is 1.37 bits per heavy atom. The van der Waals surface area contributed by atoms with Crippen LogP contribution in [0.15, 0.2) is 29.3 Å². The molecule has 1 saturated carbocycles. The average molecular weight is 487 g/mol. The maximum Gasteiger partial charge on any atom is 0.310 e. The number of rotatable bonds is 4. The molecule has 2 atom stereocenters. The molecule has 27 heavy (non-hydrogen) atoms. The fraction of sp³-hybridized carbons (Fsp3) is 0.600. The number of guanidine groups is 1. The predicted octanol–water partition coefficient (Wildman–Crippen LogP) is 3.42. The van der Waals surface area contributed by atoms with Crippen molar-refractivity contribution >= 4 is 35.9 Å². The summed E-state index contributed by atoms with van der Waals surface area (Å²) >= 11 is 0. The highest BCUT2D eigenvalue weighted by atomic mass is 127. The minimum absolute atomic E-state index is 0. The van der Waals surface area contributed by atoms with E-state index in [0.29, 0.717) is 12.5 Å². The number of methoxy groups -OCH3 is 1. The monoisotopic (exact) mass is 487 g/mol. The van der Waals surface area contributed by atoms with Crippen LogP contribution in [0.25, 0.3) is 0 Å². The Hall–Kier alpha value is -1.51. The third-order valence-electron chi connectivity index (χ3n) is 5.43. The lowest BCUT2D eigenvalue weighted by molar-refractivity contribution is -0.144. The number of ether oxygens (including phenoxy) is 2. The van der Waals surface area contributed by atoms with Crippen molar-refractivity contribution in [1.29, 1.82) is 0 Å². The van der Waals surface area contributed by atoms with Crippen molar-refractivity contribution < 1.29 is 14.3 Å². The molecule has 7 heteroatoms. The number of hydrogen-bond acceptors (Lipinski definition) is 4. The third kappa shape index (κ3) is 5.06. The molecule has 0 bridgehead atoms. The second-order valence-electron chi connectivity index (χ2n) is 7.31. The van der Waals surface area contributed by atoms with Crippen LogP contribution in [0, 0.1) is 5.92 Å². The van der Waals surface area contributed by atoms with Gasteiger partial charge in [0, 0.05) is 25.6 Å². The predicted molar refractivity (Wildman–Crippen MR) is 117 cm³/mol. The molecular weight excluding hydrogens is 457 g/mol. The SMILES string of the molecule is CN=C(NCC(C)C(=O)OC)NC1CC2(CCCC2)Oc2ccccc21.I. The number of benzene rings is 1. The van der Waals surface area contributed by atoms with Crippen molar-refractivity contribution in [2.75, 3.05) is 20.7 Å². The van der Waals surface area contributed by atoms with Crippen LogP contribution in [0.3, 0.4) is 0 Å². The molecule has 2 aliphatic rings. The summed E-state index contributed by atoms with van der Waals surface area (Å²) in [7, 11) is 3.15. The van der Waals surface area contributed by atoms with Crippen molar-refractivity contribution in [3.05, 3.63) is 29.8 Å². The summed E-state index contributed by atoms with van der Waals surface area (Å²) in [6.45, 7) is 2.31. The quantitative estimate of drug-likeness (QED) is 0.295. The Morgan fingerprint density at radius 3 is 2.74 bits per heavy atom. The van der Waals surface area contributed by atoms with Crippen LogP contribution in [0.5, 0.6) is 5.75 Å². The second kappa shape index (κ2) is 9.61. The summed E-state index contributed by atoms with van der Waals surface area (Å²) in [5.74, 6) is 1.20. The summed E-state index contributed by atoms with van der Waals surface area (Å²) in [6.07, 6.45) is 5.57. The van der Waals surface area contributed by atoms with Gasteiger partial charge in [0.25, 0.3) is 0 Å². The Labute approximate surface area is 178 Å². The van der Waals surface area contributed by atoms with E-state index >= 15 is 0 Å². The molecule has 0 radical (unpaired) electrons. The second-order valence-corrected chi connectivity index (χ2v) is 7.31. The molecule has 1 spiro atoms. The highest BCUT2D eigenvalue weighted by Gasteiger charge is 2.43. The normalized spacial score (nSPS) is 21.4. The maximum absolute atomic E-state index is 11.6. The van der Waals surface area contributed by atoms with Crippen LogP contribution in [0.2, 0.25) is 0 Å². The van der Waals surface area contributed by atoms with E-state index in [2.05, 4.69) is 27.8 Å². The highest BCUT2D eigenvalue weighted by Crippen LogP contribution is 2.46. The fourth-order valence-electron chi connectivity index (χ4n) is 3.97. The summed E-state index contributed by atoms with van der Waals surface area (Å²) < 4.78 is 11.2. The maximum atomic E-state index is 11.6. The van der Waals surface area contributed by atoms with Gasteiger partial charge in [-0.2, -0.15) is 0 Å². The van der Waals surface area contributed by atoms with Crippen LogP contribution in [-0.2, 0) is 9.53 Å². The first-order chi connectivity index (χ1) is 12.6. The highest BCUT2D eigenvalue weighted by molar-refractivity contribution is 14.0. The van der Waals surface area contributed by atoms with Crippen molar-refractivity contribution in [2.45, 2.75) is 50.7 Å². The minimum Gasteiger partial charge on any atom is -0.487 e. The Kier molecular flexibility index (Phi) is 7.76. The first kappa shape index (κ1) is 21.8. The first-order valence-electron chi connectivity index (χ1n) is 9.40. The molecule has 1 aromatic carbocycles. The van der Waals surface area contributed by atoms with Crippen molar-refractivity contribution in [3.63, 3.8) is 0 Å². The standard InChI is InChI=1S/C20H29N3O3.HI/c1-14(18(24)25-3)13-22-19(21-2)23-16-12-20(10-6-7-11-20)26-17-9-5-4-8-15(16)17;/h4-5,8-9,14,16H,6-7,10-13H2,1-3H3,(H2,21,22,23);1H. The number of carbonyl (C=O) groups is 1. The van der Waals surface area contributed by atoms with Crippen LogP contribution in [0.1, 0.15) is 50.6 Å². The number of aliphatic imine (C=N–C) groups is 1. The summed E-state index contributed by atoms with van der Waals surface area (Å²) in [4.78, 5) is 15.9. The fourth-order valence-corrected chi connectivity index (χ4v) is 3.97. The number of para-hydroxylation sites is 1. The molecule has 1 heterocycles. The smallest absolute Gasteiger partial charge is 0.310 e. The zero-order chi connectivity index (χ0) is 18.6. The van der Waals surface area contributed by atoms with Gasteiger partial charge in [-0.25, -0.2) is 0 Å². The van der Waals surface area contributed by atoms with E-state index < -0.39 is 0 Å². The average Bonchev–Trinajstić information content (AvgIpc) is 3.11. The first-order valence-corrected chi connectivity index (χ1v) is 9.40. The molecule has 1 aliphatic carbocycles. The molecule has 3 rings (SSSR count). The van der Waals surface area contributed by atoms with Crippen molar-refractivity contribution in [1.82, 2.24) is 10.6 Å². The molecule has 1 aromatic rings. The van der Waals surface area contributed by atoms with Gasteiger partial charge in [0.15, 0.2) is 5.96 Å². The number of fused-ring (bicyclic) bond motifs is 1. The van der Waals surface area contributed by atoms with Crippen LogP contribution >= 0.6 is 24.0 Å². The lowest BCUT2D eigenvalue weighted by Gasteiger charge is -2.40. The number of halogens is 1. The zero-order valence-corrected chi connectivity index (χ0v) is 18.6. The van der Waals surface area contributed by atoms with Gasteiger partial charge in [-0.05, 0) is 31.7 Å². The van der Waals surface area contributed by atoms with Gasteiger partial charge < -0.3 is 20.1 Å². The minimum atomic E-state index is -0.235. The number of carbonyl (C=O) groups excluding carboxylic acids is 1. The Bertz CT molecular complexity index is 674. The molecule has 2 N–H and O–H groups in total. The van der Waals surface area contributed by atoms with E-state index in [-0.39, 0.29) is 47.5 Å². The van der Waals surface area contributed by atoms with E-state index in [1.807, 2.05) is 19.1 Å². The molecule has 1 aliphatic heterocycles. The third-order valence-corrected chi connectivity index (χ3v) is 5.43. The largest absolute Gasteiger partial charge is 0.487 e. The zero-order valence-electron chi connectivity index (χ0n) is 16.3. The van der Waals surface area contributed by atoms with Gasteiger partial charge in [0.2, 0.25) is 0 Å². The van der Waals surface area contributed by atoms with Gasteiger partial charge in [0.05, 0.1) is 19.1 Å². The molecule has 6 nitrogen and oxygen atoms in total. The van der Waals surface area contributed by atoms with E-state index in [4.69, 9.17) is 9.47 Å². The van der Waals surface area contributed by atoms with Gasteiger partial charge in [-0.3, -0.25) is 9.79 Å². The number of esters is 1. The number of nitrogens with zero attached hydrogens (tertiary/aromatic N) is 1. The van der Waals surface area contributed by atoms with Crippen LogP contribution < -0.4 is 15.4 Å². The van der Waals surface area contributed by atoms with Crippen molar-refractivity contribution in [2.24, 2.45) is 10.9 Å². The molecule has 150 valence electrons. The molecule has 1 fully saturated rings. The summed E-state index contributed by atoms with van der Waals surface area (Å²) in [5.41, 5.74) is 1.10. The van der Waals surface area contributed by atoms with Gasteiger partial charge in [-0.1, -0.05) is 25.1 Å². The van der Waals surface area contributed by atoms with E-state index in [9.17, 15) is 4.79 Å². The molecule has 0 saturated heterocycles. The van der Waals surface area contributed by atoms with Gasteiger partial charge in [-0.15, -0.1) is 24.0 Å². The molecule has 2 unspecified atom stereocenters. The van der Waals surface area contributed by atoms with E-state index in [0.717, 1.165) is 30.6 Å². The lowest BCUT2D eigenvalue weighted by Crippen LogP contribution is -2.47. The Balaban J connectivity index is 0.00000261. The van der Waals surface area contributed by atoms with E-state index in [1.165, 1.54) is 20.0 Å². The summed E-state index contributed by atoms with van der Waals surface area (Å²) in [5, 5.41) is 6.77. The molecular formula is C20H30IN3O3.